The van der Waals surface area contributed by atoms with Gasteiger partial charge in [0, 0.05) is 11.6 Å². The van der Waals surface area contributed by atoms with Gasteiger partial charge >= 0.3 is 0 Å². The molecule has 106 valence electrons. The molecule has 1 N–H and O–H groups in total. The van der Waals surface area contributed by atoms with Crippen molar-refractivity contribution in [2.45, 2.75) is 39.0 Å². The number of aryl methyl sites for hydroxylation is 1. The number of rotatable bonds is 3. The van der Waals surface area contributed by atoms with E-state index < -0.39 is 0 Å². The molecule has 0 aromatic heterocycles. The molecule has 3 rings (SSSR count). The quantitative estimate of drug-likeness (QED) is 0.819. The maximum absolute atomic E-state index is 12.4. The van der Waals surface area contributed by atoms with E-state index in [0.717, 1.165) is 12.1 Å². The van der Waals surface area contributed by atoms with Crippen molar-refractivity contribution in [2.75, 3.05) is 5.32 Å². The van der Waals surface area contributed by atoms with Crippen LogP contribution in [-0.4, -0.2) is 5.91 Å². The minimum atomic E-state index is 0.204. The fourth-order valence-electron chi connectivity index (χ4n) is 3.35. The molecule has 0 spiro atoms. The number of nitrogens with one attached hydrogen (secondary N) is 1. The Morgan fingerprint density at radius 3 is 2.80 bits per heavy atom. The first-order valence-electron chi connectivity index (χ1n) is 7.86. The van der Waals surface area contributed by atoms with Crippen molar-refractivity contribution >= 4 is 11.6 Å². The second kappa shape index (κ2) is 5.82. The number of hydrogen-bond donors (Lipinski definition) is 1. The van der Waals surface area contributed by atoms with Crippen molar-refractivity contribution in [3.8, 4) is 0 Å². The zero-order valence-corrected chi connectivity index (χ0v) is 12.1. The van der Waals surface area contributed by atoms with Gasteiger partial charge in [-0.15, -0.1) is 0 Å². The third-order valence-electron chi connectivity index (χ3n) is 4.68. The highest BCUT2D eigenvalue weighted by Crippen LogP contribution is 2.51. The summed E-state index contributed by atoms with van der Waals surface area (Å²) in [6.45, 7) is 2.14. The highest BCUT2D eigenvalue weighted by atomic mass is 16.2. The largest absolute Gasteiger partial charge is 0.326 e. The van der Waals surface area contributed by atoms with E-state index in [2.05, 4.69) is 36.5 Å². The molecule has 1 fully saturated rings. The number of benzene rings is 1. The van der Waals surface area contributed by atoms with Gasteiger partial charge in [-0.2, -0.15) is 0 Å². The summed E-state index contributed by atoms with van der Waals surface area (Å²) in [7, 11) is 0. The van der Waals surface area contributed by atoms with Crippen LogP contribution in [0.15, 0.2) is 36.4 Å². The molecular formula is C18H23NO. The standard InChI is InChI=1S/C18H23NO/c1-2-13-9-11-14(12-10-13)19-18(20)17-15-7-5-3-4-6-8-16(15)17/h5,7,9-12,15-17H,2-4,6,8H2,1H3,(H,19,20)/b7-5-/t15-,16-,17-/m0/s1. The molecule has 2 aliphatic rings. The summed E-state index contributed by atoms with van der Waals surface area (Å²) >= 11 is 0. The summed E-state index contributed by atoms with van der Waals surface area (Å²) in [5.74, 6) is 1.48. The van der Waals surface area contributed by atoms with E-state index in [9.17, 15) is 4.79 Å². The van der Waals surface area contributed by atoms with Crippen LogP contribution < -0.4 is 5.32 Å². The number of fused-ring (bicyclic) bond motifs is 1. The molecule has 20 heavy (non-hydrogen) atoms. The van der Waals surface area contributed by atoms with Crippen LogP contribution in [0, 0.1) is 17.8 Å². The van der Waals surface area contributed by atoms with Crippen LogP contribution in [0.2, 0.25) is 0 Å². The highest BCUT2D eigenvalue weighted by molar-refractivity contribution is 5.95. The van der Waals surface area contributed by atoms with E-state index in [1.807, 2.05) is 12.1 Å². The third-order valence-corrected chi connectivity index (χ3v) is 4.68. The van der Waals surface area contributed by atoms with Crippen molar-refractivity contribution in [3.05, 3.63) is 42.0 Å². The first kappa shape index (κ1) is 13.4. The number of amides is 1. The van der Waals surface area contributed by atoms with E-state index in [1.165, 1.54) is 31.2 Å². The molecule has 2 heteroatoms. The molecule has 0 aliphatic heterocycles. The Morgan fingerprint density at radius 1 is 1.25 bits per heavy atom. The van der Waals surface area contributed by atoms with Gasteiger partial charge in [0.2, 0.25) is 5.91 Å². The normalized spacial score (nSPS) is 29.8. The zero-order valence-electron chi connectivity index (χ0n) is 12.1. The van der Waals surface area contributed by atoms with Gasteiger partial charge in [0.05, 0.1) is 0 Å². The molecule has 1 saturated carbocycles. The van der Waals surface area contributed by atoms with E-state index >= 15 is 0 Å². The molecule has 1 amide bonds. The molecule has 0 heterocycles. The van der Waals surface area contributed by atoms with Gasteiger partial charge in [-0.3, -0.25) is 4.79 Å². The Hall–Kier alpha value is -1.57. The number of hydrogen-bond acceptors (Lipinski definition) is 1. The molecular weight excluding hydrogens is 246 g/mol. The van der Waals surface area contributed by atoms with Crippen LogP contribution >= 0.6 is 0 Å². The molecule has 0 radical (unpaired) electrons. The number of anilines is 1. The second-order valence-electron chi connectivity index (χ2n) is 6.02. The Balaban J connectivity index is 1.62. The minimum Gasteiger partial charge on any atom is -0.326 e. The summed E-state index contributed by atoms with van der Waals surface area (Å²) in [4.78, 5) is 12.4. The number of allylic oxidation sites excluding steroid dienone is 2. The van der Waals surface area contributed by atoms with Gasteiger partial charge in [-0.1, -0.05) is 37.6 Å². The second-order valence-corrected chi connectivity index (χ2v) is 6.02. The Kier molecular flexibility index (Phi) is 3.90. The van der Waals surface area contributed by atoms with Gasteiger partial charge in [-0.05, 0) is 55.2 Å². The average Bonchev–Trinajstić information content (AvgIpc) is 3.11. The van der Waals surface area contributed by atoms with Crippen LogP contribution in [0.1, 0.15) is 38.2 Å². The molecule has 0 saturated heterocycles. The van der Waals surface area contributed by atoms with Gasteiger partial charge in [0.15, 0.2) is 0 Å². The van der Waals surface area contributed by atoms with Gasteiger partial charge in [-0.25, -0.2) is 0 Å². The Morgan fingerprint density at radius 2 is 2.05 bits per heavy atom. The summed E-state index contributed by atoms with van der Waals surface area (Å²) in [5, 5.41) is 3.08. The summed E-state index contributed by atoms with van der Waals surface area (Å²) in [5.41, 5.74) is 2.23. The summed E-state index contributed by atoms with van der Waals surface area (Å²) < 4.78 is 0. The Bertz CT molecular complexity index is 503. The summed E-state index contributed by atoms with van der Waals surface area (Å²) in [6, 6.07) is 8.20. The molecule has 2 nitrogen and oxygen atoms in total. The van der Waals surface area contributed by atoms with Crippen LogP contribution in [0.3, 0.4) is 0 Å². The van der Waals surface area contributed by atoms with E-state index in [0.29, 0.717) is 11.8 Å². The smallest absolute Gasteiger partial charge is 0.228 e. The number of carbonyl (C=O) groups excluding carboxylic acids is 1. The van der Waals surface area contributed by atoms with Gasteiger partial charge < -0.3 is 5.32 Å². The lowest BCUT2D eigenvalue weighted by atomic mass is 10.1. The third kappa shape index (κ3) is 2.79. The topological polar surface area (TPSA) is 29.1 Å². The van der Waals surface area contributed by atoms with Crippen molar-refractivity contribution in [3.63, 3.8) is 0 Å². The maximum atomic E-state index is 12.4. The van der Waals surface area contributed by atoms with Crippen LogP contribution in [0.4, 0.5) is 5.69 Å². The van der Waals surface area contributed by atoms with Crippen molar-refractivity contribution < 1.29 is 4.79 Å². The van der Waals surface area contributed by atoms with Crippen LogP contribution in [0.5, 0.6) is 0 Å². The van der Waals surface area contributed by atoms with Crippen LogP contribution in [0.25, 0.3) is 0 Å². The lowest BCUT2D eigenvalue weighted by Gasteiger charge is -2.05. The number of carbonyl (C=O) groups is 1. The summed E-state index contributed by atoms with van der Waals surface area (Å²) in [6.07, 6.45) is 10.5. The molecule has 1 aromatic carbocycles. The van der Waals surface area contributed by atoms with E-state index in [1.54, 1.807) is 0 Å². The predicted molar refractivity (Wildman–Crippen MR) is 82.5 cm³/mol. The molecule has 1 aromatic rings. The lowest BCUT2D eigenvalue weighted by molar-refractivity contribution is -0.117. The molecule has 0 bridgehead atoms. The van der Waals surface area contributed by atoms with Gasteiger partial charge in [0.25, 0.3) is 0 Å². The van der Waals surface area contributed by atoms with Crippen molar-refractivity contribution in [1.82, 2.24) is 0 Å². The fraction of sp³-hybridized carbons (Fsp3) is 0.500. The first-order valence-corrected chi connectivity index (χ1v) is 7.86. The molecule has 2 aliphatic carbocycles. The van der Waals surface area contributed by atoms with E-state index in [4.69, 9.17) is 0 Å². The Labute approximate surface area is 121 Å². The average molecular weight is 269 g/mol. The zero-order chi connectivity index (χ0) is 13.9. The first-order chi connectivity index (χ1) is 9.79. The fourth-order valence-corrected chi connectivity index (χ4v) is 3.35. The lowest BCUT2D eigenvalue weighted by Crippen LogP contribution is -2.15. The van der Waals surface area contributed by atoms with Crippen LogP contribution in [-0.2, 0) is 11.2 Å². The van der Waals surface area contributed by atoms with Crippen molar-refractivity contribution in [1.29, 1.82) is 0 Å². The van der Waals surface area contributed by atoms with E-state index in [-0.39, 0.29) is 11.8 Å². The maximum Gasteiger partial charge on any atom is 0.228 e. The van der Waals surface area contributed by atoms with Crippen molar-refractivity contribution in [2.24, 2.45) is 17.8 Å². The minimum absolute atomic E-state index is 0.204. The SMILES string of the molecule is CCc1ccc(NC(=O)[C@H]2[C@H]3/C=C\CCCC[C@@H]32)cc1. The monoisotopic (exact) mass is 269 g/mol. The highest BCUT2D eigenvalue weighted by Gasteiger charge is 2.52. The predicted octanol–water partition coefficient (Wildman–Crippen LogP) is 4.18. The molecule has 0 unspecified atom stereocenters. The van der Waals surface area contributed by atoms with Gasteiger partial charge in [0.1, 0.15) is 0 Å². The molecule has 3 atom stereocenters.